The Morgan fingerprint density at radius 1 is 0.905 bits per heavy atom. The van der Waals surface area contributed by atoms with Crippen molar-refractivity contribution >= 4 is 11.8 Å². The fourth-order valence-corrected chi connectivity index (χ4v) is 3.55. The zero-order valence-corrected chi connectivity index (χ0v) is 13.2. The lowest BCUT2D eigenvalue weighted by molar-refractivity contribution is -0.135. The summed E-state index contributed by atoms with van der Waals surface area (Å²) >= 11 is 0. The maximum atomic E-state index is 12.4. The van der Waals surface area contributed by atoms with E-state index in [1.165, 1.54) is 0 Å². The molecule has 0 radical (unpaired) electrons. The highest BCUT2D eigenvalue weighted by atomic mass is 16.2. The van der Waals surface area contributed by atoms with Gasteiger partial charge in [-0.05, 0) is 31.1 Å². The number of allylic oxidation sites excluding steroid dienone is 2. The normalized spacial score (nSPS) is 29.6. The van der Waals surface area contributed by atoms with Crippen LogP contribution in [0.4, 0.5) is 0 Å². The summed E-state index contributed by atoms with van der Waals surface area (Å²) in [6, 6.07) is 0. The number of amides is 2. The number of hydrogen-bond acceptors (Lipinski definition) is 2. The largest absolute Gasteiger partial charge is 0.356 e. The molecule has 2 aliphatic carbocycles. The summed E-state index contributed by atoms with van der Waals surface area (Å²) in [6.45, 7) is 5.65. The van der Waals surface area contributed by atoms with Gasteiger partial charge >= 0.3 is 0 Å². The molecule has 2 aliphatic rings. The molecular weight excluding hydrogens is 264 g/mol. The van der Waals surface area contributed by atoms with Crippen LogP contribution in [-0.2, 0) is 9.59 Å². The molecule has 2 bridgehead atoms. The number of nitrogens with one attached hydrogen (secondary N) is 2. The Balaban J connectivity index is 1.95. The number of carbonyl (C=O) groups is 2. The van der Waals surface area contributed by atoms with Gasteiger partial charge in [0.15, 0.2) is 0 Å². The first-order chi connectivity index (χ1) is 10.2. The van der Waals surface area contributed by atoms with Crippen molar-refractivity contribution in [1.82, 2.24) is 10.6 Å². The first kappa shape index (κ1) is 16.1. The van der Waals surface area contributed by atoms with E-state index in [-0.39, 0.29) is 35.5 Å². The first-order valence-electron chi connectivity index (χ1n) is 8.42. The van der Waals surface area contributed by atoms with E-state index in [1.807, 2.05) is 0 Å². The molecule has 118 valence electrons. The number of unbranched alkanes of at least 4 members (excludes halogenated alkanes) is 2. The van der Waals surface area contributed by atoms with E-state index in [4.69, 9.17) is 0 Å². The van der Waals surface area contributed by atoms with Gasteiger partial charge in [0.05, 0.1) is 11.8 Å². The maximum Gasteiger partial charge on any atom is 0.224 e. The van der Waals surface area contributed by atoms with E-state index in [0.717, 1.165) is 45.2 Å². The molecule has 2 N–H and O–H groups in total. The van der Waals surface area contributed by atoms with E-state index in [9.17, 15) is 9.59 Å². The molecule has 4 atom stereocenters. The summed E-state index contributed by atoms with van der Waals surface area (Å²) in [4.78, 5) is 24.9. The monoisotopic (exact) mass is 292 g/mol. The number of carbonyl (C=O) groups excluding carboxylic acids is 2. The molecule has 1 fully saturated rings. The smallest absolute Gasteiger partial charge is 0.224 e. The maximum absolute atomic E-state index is 12.4. The zero-order chi connectivity index (χ0) is 15.2. The number of rotatable bonds is 8. The lowest BCUT2D eigenvalue weighted by atomic mass is 9.81. The van der Waals surface area contributed by atoms with E-state index >= 15 is 0 Å². The van der Waals surface area contributed by atoms with Crippen molar-refractivity contribution in [2.75, 3.05) is 13.1 Å². The Morgan fingerprint density at radius 3 is 1.71 bits per heavy atom. The second-order valence-electron chi connectivity index (χ2n) is 6.29. The average molecular weight is 292 g/mol. The molecule has 0 heterocycles. The number of hydrogen-bond donors (Lipinski definition) is 2. The van der Waals surface area contributed by atoms with Crippen LogP contribution in [0, 0.1) is 23.7 Å². The van der Waals surface area contributed by atoms with Crippen LogP contribution in [-0.4, -0.2) is 24.9 Å². The van der Waals surface area contributed by atoms with Crippen LogP contribution < -0.4 is 10.6 Å². The molecule has 0 unspecified atom stereocenters. The molecule has 4 nitrogen and oxygen atoms in total. The first-order valence-corrected chi connectivity index (χ1v) is 8.42. The van der Waals surface area contributed by atoms with Gasteiger partial charge in [-0.3, -0.25) is 9.59 Å². The van der Waals surface area contributed by atoms with Crippen LogP contribution in [0.2, 0.25) is 0 Å². The summed E-state index contributed by atoms with van der Waals surface area (Å²) in [5, 5.41) is 6.02. The third-order valence-corrected chi connectivity index (χ3v) is 4.72. The minimum absolute atomic E-state index is 0.0657. The molecule has 1 saturated carbocycles. The summed E-state index contributed by atoms with van der Waals surface area (Å²) < 4.78 is 0. The molecule has 0 aromatic rings. The highest BCUT2D eigenvalue weighted by Crippen LogP contribution is 2.48. The minimum Gasteiger partial charge on any atom is -0.356 e. The topological polar surface area (TPSA) is 58.2 Å². The van der Waals surface area contributed by atoms with Gasteiger partial charge in [-0.15, -0.1) is 0 Å². The van der Waals surface area contributed by atoms with Crippen molar-refractivity contribution in [3.63, 3.8) is 0 Å². The summed E-state index contributed by atoms with van der Waals surface area (Å²) in [7, 11) is 0. The Morgan fingerprint density at radius 2 is 1.33 bits per heavy atom. The molecular formula is C17H28N2O2. The van der Waals surface area contributed by atoms with Gasteiger partial charge in [-0.1, -0.05) is 38.8 Å². The van der Waals surface area contributed by atoms with Gasteiger partial charge in [0.25, 0.3) is 0 Å². The molecule has 0 aromatic carbocycles. The molecule has 2 amide bonds. The van der Waals surface area contributed by atoms with Gasteiger partial charge in [-0.2, -0.15) is 0 Å². The van der Waals surface area contributed by atoms with Crippen molar-refractivity contribution < 1.29 is 9.59 Å². The van der Waals surface area contributed by atoms with Gasteiger partial charge in [0.1, 0.15) is 0 Å². The van der Waals surface area contributed by atoms with Crippen molar-refractivity contribution in [1.29, 1.82) is 0 Å². The second kappa shape index (κ2) is 7.62. The molecule has 0 spiro atoms. The molecule has 4 heteroatoms. The third kappa shape index (κ3) is 3.66. The van der Waals surface area contributed by atoms with E-state index in [2.05, 4.69) is 36.6 Å². The average Bonchev–Trinajstić information content (AvgIpc) is 3.08. The van der Waals surface area contributed by atoms with Crippen LogP contribution in [0.15, 0.2) is 12.2 Å². The molecule has 0 saturated heterocycles. The third-order valence-electron chi connectivity index (χ3n) is 4.72. The van der Waals surface area contributed by atoms with Gasteiger partial charge < -0.3 is 10.6 Å². The van der Waals surface area contributed by atoms with E-state index < -0.39 is 0 Å². The highest BCUT2D eigenvalue weighted by molar-refractivity contribution is 5.89. The SMILES string of the molecule is CCCCNC(=O)[C@@H]1[C@H](C(=O)NCCCC)[C@@H]2C=C[C@H]1C2. The fourth-order valence-electron chi connectivity index (χ4n) is 3.55. The van der Waals surface area contributed by atoms with E-state index in [0.29, 0.717) is 0 Å². The van der Waals surface area contributed by atoms with Gasteiger partial charge in [-0.25, -0.2) is 0 Å². The van der Waals surface area contributed by atoms with Crippen molar-refractivity contribution in [2.24, 2.45) is 23.7 Å². The van der Waals surface area contributed by atoms with Gasteiger partial charge in [0, 0.05) is 13.1 Å². The summed E-state index contributed by atoms with van der Waals surface area (Å²) in [5.74, 6) is 0.293. The predicted molar refractivity (Wildman–Crippen MR) is 83.6 cm³/mol. The Bertz CT molecular complexity index is 370. The summed E-state index contributed by atoms with van der Waals surface area (Å²) in [6.07, 6.45) is 9.34. The van der Waals surface area contributed by atoms with Gasteiger partial charge in [0.2, 0.25) is 11.8 Å². The zero-order valence-electron chi connectivity index (χ0n) is 13.2. The lowest BCUT2D eigenvalue weighted by Crippen LogP contribution is -2.44. The molecule has 0 aliphatic heterocycles. The minimum atomic E-state index is -0.168. The van der Waals surface area contributed by atoms with Crippen molar-refractivity contribution in [3.05, 3.63) is 12.2 Å². The summed E-state index contributed by atoms with van der Waals surface area (Å²) in [5.41, 5.74) is 0. The highest BCUT2D eigenvalue weighted by Gasteiger charge is 2.51. The van der Waals surface area contributed by atoms with Crippen molar-refractivity contribution in [2.45, 2.75) is 46.0 Å². The lowest BCUT2D eigenvalue weighted by Gasteiger charge is -2.26. The van der Waals surface area contributed by atoms with Crippen LogP contribution in [0.1, 0.15) is 46.0 Å². The van der Waals surface area contributed by atoms with Crippen molar-refractivity contribution in [3.8, 4) is 0 Å². The Labute approximate surface area is 127 Å². The molecule has 2 rings (SSSR count). The van der Waals surface area contributed by atoms with Crippen LogP contribution in [0.3, 0.4) is 0 Å². The second-order valence-corrected chi connectivity index (χ2v) is 6.29. The van der Waals surface area contributed by atoms with Crippen LogP contribution in [0.25, 0.3) is 0 Å². The van der Waals surface area contributed by atoms with Crippen LogP contribution in [0.5, 0.6) is 0 Å². The molecule has 21 heavy (non-hydrogen) atoms. The van der Waals surface area contributed by atoms with Crippen LogP contribution >= 0.6 is 0 Å². The Kier molecular flexibility index (Phi) is 5.83. The number of fused-ring (bicyclic) bond motifs is 2. The molecule has 0 aromatic heterocycles. The van der Waals surface area contributed by atoms with E-state index in [1.54, 1.807) is 0 Å². The quantitative estimate of drug-likeness (QED) is 0.532. The fraction of sp³-hybridized carbons (Fsp3) is 0.765. The predicted octanol–water partition coefficient (Wildman–Crippen LogP) is 2.26. The Hall–Kier alpha value is -1.32. The standard InChI is InChI=1S/C17H28N2O2/c1-3-5-9-18-16(20)14-12-7-8-13(11-12)15(14)17(21)19-10-6-4-2/h7-8,12-15H,3-6,9-11H2,1-2H3,(H,18,20)(H,19,21)/t12-,13+,14-,15+.